The second-order valence-corrected chi connectivity index (χ2v) is 7.66. The van der Waals surface area contributed by atoms with Crippen LogP contribution in [0.1, 0.15) is 11.3 Å². The van der Waals surface area contributed by atoms with E-state index in [1.54, 1.807) is 32.6 Å². The molecule has 0 aliphatic rings. The molecule has 0 aliphatic heterocycles. The Morgan fingerprint density at radius 1 is 1.07 bits per heavy atom. The monoisotopic (exact) mass is 532 g/mol. The Hall–Kier alpha value is -1.36. The van der Waals surface area contributed by atoms with Crippen LogP contribution in [-0.4, -0.2) is 65.4 Å². The molecule has 0 spiro atoms. The highest BCUT2D eigenvalue weighted by Gasteiger charge is 2.05. The number of nitrogens with one attached hydrogen (secondary N) is 2. The second-order valence-electron chi connectivity index (χ2n) is 6.50. The fourth-order valence-electron chi connectivity index (χ4n) is 2.73. The summed E-state index contributed by atoms with van der Waals surface area (Å²) in [5, 5.41) is 6.75. The van der Waals surface area contributed by atoms with Gasteiger partial charge in [0.1, 0.15) is 5.75 Å². The first-order valence-corrected chi connectivity index (χ1v) is 10.3. The molecule has 0 radical (unpaired) electrons. The van der Waals surface area contributed by atoms with Gasteiger partial charge >= 0.3 is 0 Å². The van der Waals surface area contributed by atoms with Crippen LogP contribution in [0.2, 0.25) is 0 Å². The molecule has 29 heavy (non-hydrogen) atoms. The largest absolute Gasteiger partial charge is 0.497 e. The summed E-state index contributed by atoms with van der Waals surface area (Å²) in [5.74, 6) is 1.70. The van der Waals surface area contributed by atoms with Gasteiger partial charge in [0.2, 0.25) is 0 Å². The molecule has 162 valence electrons. The number of thiophene rings is 1. The minimum atomic E-state index is 0. The number of benzene rings is 1. The predicted molar refractivity (Wildman–Crippen MR) is 134 cm³/mol. The first kappa shape index (κ1) is 25.7. The Balaban J connectivity index is 0.00000420. The highest BCUT2D eigenvalue weighted by atomic mass is 127. The van der Waals surface area contributed by atoms with Crippen LogP contribution in [0.3, 0.4) is 0 Å². The van der Waals surface area contributed by atoms with Gasteiger partial charge in [-0.25, -0.2) is 0 Å². The third-order valence-electron chi connectivity index (χ3n) is 4.36. The van der Waals surface area contributed by atoms with Crippen molar-refractivity contribution < 1.29 is 9.47 Å². The number of rotatable bonds is 11. The molecule has 0 aliphatic carbocycles. The fourth-order valence-corrected chi connectivity index (χ4v) is 3.68. The number of methoxy groups -OCH3 is 2. The van der Waals surface area contributed by atoms with E-state index in [9.17, 15) is 0 Å². The van der Waals surface area contributed by atoms with Crippen molar-refractivity contribution >= 4 is 41.3 Å². The molecule has 0 unspecified atom stereocenters. The highest BCUT2D eigenvalue weighted by Crippen LogP contribution is 2.29. The molecule has 1 aromatic heterocycles. The maximum absolute atomic E-state index is 5.22. The quantitative estimate of drug-likeness (QED) is 0.200. The normalized spacial score (nSPS) is 11.3. The van der Waals surface area contributed by atoms with Gasteiger partial charge in [0, 0.05) is 50.2 Å². The van der Waals surface area contributed by atoms with Crippen LogP contribution in [-0.2, 0) is 11.3 Å². The molecule has 1 aromatic carbocycles. The number of likely N-dealkylation sites (N-methyl/N-ethyl adjacent to an activating group) is 1. The van der Waals surface area contributed by atoms with Crippen molar-refractivity contribution in [2.24, 2.45) is 4.99 Å². The molecule has 1 heterocycles. The number of hydrogen-bond acceptors (Lipinski definition) is 5. The van der Waals surface area contributed by atoms with Crippen molar-refractivity contribution in [2.75, 3.05) is 54.6 Å². The Morgan fingerprint density at radius 2 is 1.83 bits per heavy atom. The van der Waals surface area contributed by atoms with E-state index in [0.29, 0.717) is 0 Å². The summed E-state index contributed by atoms with van der Waals surface area (Å²) < 4.78 is 10.3. The van der Waals surface area contributed by atoms with E-state index in [1.165, 1.54) is 15.3 Å². The Bertz CT molecular complexity index is 722. The maximum Gasteiger partial charge on any atom is 0.191 e. The van der Waals surface area contributed by atoms with E-state index in [4.69, 9.17) is 9.47 Å². The predicted octanol–water partition coefficient (Wildman–Crippen LogP) is 3.68. The van der Waals surface area contributed by atoms with Gasteiger partial charge in [-0.05, 0) is 55.4 Å². The number of hydrogen-bond donors (Lipinski definition) is 2. The van der Waals surface area contributed by atoms with Crippen LogP contribution >= 0.6 is 35.3 Å². The summed E-state index contributed by atoms with van der Waals surface area (Å²) in [7, 11) is 7.35. The summed E-state index contributed by atoms with van der Waals surface area (Å²) in [6.07, 6.45) is 1.05. The number of ether oxygens (including phenoxy) is 2. The average molecular weight is 532 g/mol. The summed E-state index contributed by atoms with van der Waals surface area (Å²) in [5.41, 5.74) is 1.20. The lowest BCUT2D eigenvalue weighted by molar-refractivity contribution is 0.180. The maximum atomic E-state index is 5.22. The molecule has 0 saturated heterocycles. The molecule has 2 aromatic rings. The minimum absolute atomic E-state index is 0. The molecule has 6 nitrogen and oxygen atoms in total. The van der Waals surface area contributed by atoms with Gasteiger partial charge in [-0.3, -0.25) is 4.99 Å². The Labute approximate surface area is 195 Å². The first-order chi connectivity index (χ1) is 13.7. The van der Waals surface area contributed by atoms with Crippen molar-refractivity contribution in [3.63, 3.8) is 0 Å². The minimum Gasteiger partial charge on any atom is -0.497 e. The van der Waals surface area contributed by atoms with Crippen LogP contribution in [0.15, 0.2) is 41.4 Å². The molecule has 0 bridgehead atoms. The molecule has 0 amide bonds. The second kappa shape index (κ2) is 14.6. The van der Waals surface area contributed by atoms with Crippen molar-refractivity contribution in [2.45, 2.75) is 13.0 Å². The van der Waals surface area contributed by atoms with Gasteiger partial charge in [0.05, 0.1) is 13.7 Å². The van der Waals surface area contributed by atoms with Crippen LogP contribution < -0.4 is 15.4 Å². The van der Waals surface area contributed by atoms with Gasteiger partial charge in [-0.1, -0.05) is 0 Å². The number of nitrogens with zero attached hydrogens (tertiary/aromatic N) is 2. The van der Waals surface area contributed by atoms with Crippen LogP contribution in [0.25, 0.3) is 10.4 Å². The summed E-state index contributed by atoms with van der Waals surface area (Å²) in [6.45, 7) is 4.41. The number of guanidine groups is 1. The molecule has 0 saturated carbocycles. The van der Waals surface area contributed by atoms with Crippen LogP contribution in [0, 0.1) is 0 Å². The van der Waals surface area contributed by atoms with E-state index in [-0.39, 0.29) is 24.0 Å². The van der Waals surface area contributed by atoms with Crippen molar-refractivity contribution in [1.82, 2.24) is 15.5 Å². The van der Waals surface area contributed by atoms with E-state index >= 15 is 0 Å². The van der Waals surface area contributed by atoms with Gasteiger partial charge in [0.15, 0.2) is 5.96 Å². The fraction of sp³-hybridized carbons (Fsp3) is 0.476. The molecule has 0 atom stereocenters. The average Bonchev–Trinajstić information content (AvgIpc) is 3.20. The Kier molecular flexibility index (Phi) is 12.9. The summed E-state index contributed by atoms with van der Waals surface area (Å²) in [4.78, 5) is 9.12. The van der Waals surface area contributed by atoms with E-state index in [1.807, 2.05) is 12.1 Å². The molecule has 8 heteroatoms. The lowest BCUT2D eigenvalue weighted by Gasteiger charge is -2.18. The molecule has 0 fully saturated rings. The molecular formula is C21H33IN4O2S. The van der Waals surface area contributed by atoms with Crippen molar-refractivity contribution in [1.29, 1.82) is 0 Å². The third kappa shape index (κ3) is 9.33. The van der Waals surface area contributed by atoms with Crippen molar-refractivity contribution in [3.8, 4) is 16.2 Å². The standard InChI is InChI=1S/C21H32N4O2S.HI/c1-22-21(23-12-14-25(2)13-5-15-26-3)24-16-19-10-11-20(28-19)17-6-8-18(27-4)9-7-17;/h6-11H,5,12-16H2,1-4H3,(H2,22,23,24);1H. The number of halogens is 1. The zero-order valence-electron chi connectivity index (χ0n) is 17.7. The van der Waals surface area contributed by atoms with Gasteiger partial charge < -0.3 is 25.0 Å². The van der Waals surface area contributed by atoms with Crippen molar-refractivity contribution in [3.05, 3.63) is 41.3 Å². The van der Waals surface area contributed by atoms with E-state index in [2.05, 4.69) is 51.8 Å². The molecule has 2 N–H and O–H groups in total. The molecule has 2 rings (SSSR count). The highest BCUT2D eigenvalue weighted by molar-refractivity contribution is 14.0. The van der Waals surface area contributed by atoms with Gasteiger partial charge in [-0.15, -0.1) is 35.3 Å². The van der Waals surface area contributed by atoms with E-state index < -0.39 is 0 Å². The zero-order valence-corrected chi connectivity index (χ0v) is 20.9. The van der Waals surface area contributed by atoms with Crippen LogP contribution in [0.5, 0.6) is 5.75 Å². The summed E-state index contributed by atoms with van der Waals surface area (Å²) in [6, 6.07) is 12.5. The lowest BCUT2D eigenvalue weighted by Crippen LogP contribution is -2.40. The number of aliphatic imine (C=N–C) groups is 1. The zero-order chi connectivity index (χ0) is 20.2. The lowest BCUT2D eigenvalue weighted by atomic mass is 10.2. The van der Waals surface area contributed by atoms with E-state index in [0.717, 1.165) is 50.9 Å². The SMILES string of the molecule is CN=C(NCCN(C)CCCOC)NCc1ccc(-c2ccc(OC)cc2)s1.I. The van der Waals surface area contributed by atoms with Gasteiger partial charge in [-0.2, -0.15) is 0 Å². The van der Waals surface area contributed by atoms with Crippen LogP contribution in [0.4, 0.5) is 0 Å². The van der Waals surface area contributed by atoms with Gasteiger partial charge in [0.25, 0.3) is 0 Å². The third-order valence-corrected chi connectivity index (χ3v) is 5.50. The topological polar surface area (TPSA) is 58.1 Å². The summed E-state index contributed by atoms with van der Waals surface area (Å²) >= 11 is 1.79. The first-order valence-electron chi connectivity index (χ1n) is 9.51. The molecular weight excluding hydrogens is 499 g/mol. The Morgan fingerprint density at radius 3 is 2.48 bits per heavy atom. The smallest absolute Gasteiger partial charge is 0.191 e.